The zero-order valence-corrected chi connectivity index (χ0v) is 10.9. The second-order valence-electron chi connectivity index (χ2n) is 4.75. The standard InChI is InChI=1S/C13H13F3N2O2/c1-7-8(2)17-12(20)18(11(7)19)10-5-3-4-9(6-10)13(14,15)16/h3-8H,1-2H3,(H,17,20). The molecule has 0 radical (unpaired) electrons. The molecule has 3 amide bonds. The molecule has 1 fully saturated rings. The van der Waals surface area contributed by atoms with E-state index in [1.165, 1.54) is 12.1 Å². The minimum atomic E-state index is -4.52. The molecular weight excluding hydrogens is 273 g/mol. The number of carbonyl (C=O) groups is 2. The highest BCUT2D eigenvalue weighted by Gasteiger charge is 2.38. The van der Waals surface area contributed by atoms with Crippen molar-refractivity contribution in [3.63, 3.8) is 0 Å². The van der Waals surface area contributed by atoms with Gasteiger partial charge in [0.1, 0.15) is 0 Å². The minimum absolute atomic E-state index is 0.0823. The normalized spacial score (nSPS) is 23.8. The monoisotopic (exact) mass is 286 g/mol. The summed E-state index contributed by atoms with van der Waals surface area (Å²) in [5, 5.41) is 2.55. The van der Waals surface area contributed by atoms with E-state index in [0.29, 0.717) is 0 Å². The first-order chi connectivity index (χ1) is 9.21. The topological polar surface area (TPSA) is 49.4 Å². The molecule has 1 saturated heterocycles. The highest BCUT2D eigenvalue weighted by Crippen LogP contribution is 2.32. The molecule has 1 aliphatic heterocycles. The number of anilines is 1. The lowest BCUT2D eigenvalue weighted by atomic mass is 9.99. The lowest BCUT2D eigenvalue weighted by Crippen LogP contribution is -2.58. The average molecular weight is 286 g/mol. The maximum Gasteiger partial charge on any atom is 0.416 e. The van der Waals surface area contributed by atoms with Gasteiger partial charge in [-0.3, -0.25) is 4.79 Å². The van der Waals surface area contributed by atoms with Crippen molar-refractivity contribution in [1.82, 2.24) is 5.32 Å². The van der Waals surface area contributed by atoms with Gasteiger partial charge in [0.15, 0.2) is 0 Å². The molecule has 2 atom stereocenters. The number of hydrogen-bond donors (Lipinski definition) is 1. The molecule has 0 spiro atoms. The second kappa shape index (κ2) is 4.81. The van der Waals surface area contributed by atoms with E-state index in [1.807, 2.05) is 0 Å². The van der Waals surface area contributed by atoms with Gasteiger partial charge in [0.2, 0.25) is 5.91 Å². The summed E-state index contributed by atoms with van der Waals surface area (Å²) in [6.07, 6.45) is -4.52. The van der Waals surface area contributed by atoms with Crippen LogP contribution in [0.1, 0.15) is 19.4 Å². The van der Waals surface area contributed by atoms with Gasteiger partial charge in [-0.15, -0.1) is 0 Å². The maximum absolute atomic E-state index is 12.7. The molecule has 20 heavy (non-hydrogen) atoms. The summed E-state index contributed by atoms with van der Waals surface area (Å²) in [6, 6.07) is 3.09. The van der Waals surface area contributed by atoms with Crippen LogP contribution >= 0.6 is 0 Å². The molecule has 0 aromatic heterocycles. The summed E-state index contributed by atoms with van der Waals surface area (Å²) >= 11 is 0. The SMILES string of the molecule is CC1NC(=O)N(c2cccc(C(F)(F)F)c2)C(=O)C1C. The van der Waals surface area contributed by atoms with Crippen LogP contribution in [0.3, 0.4) is 0 Å². The number of urea groups is 1. The molecule has 0 aliphatic carbocycles. The van der Waals surface area contributed by atoms with E-state index in [0.717, 1.165) is 17.0 Å². The Balaban J connectivity index is 2.40. The van der Waals surface area contributed by atoms with Crippen LogP contribution < -0.4 is 10.2 Å². The van der Waals surface area contributed by atoms with E-state index in [1.54, 1.807) is 13.8 Å². The summed E-state index contributed by atoms with van der Waals surface area (Å²) in [5.74, 6) is -1.01. The summed E-state index contributed by atoms with van der Waals surface area (Å²) < 4.78 is 38.0. The first kappa shape index (κ1) is 14.4. The Morgan fingerprint density at radius 2 is 1.85 bits per heavy atom. The molecule has 1 aromatic rings. The predicted octanol–water partition coefficient (Wildman–Crippen LogP) is 2.79. The Labute approximate surface area is 113 Å². The van der Waals surface area contributed by atoms with Crippen LogP contribution in [0.2, 0.25) is 0 Å². The van der Waals surface area contributed by atoms with Gasteiger partial charge in [-0.25, -0.2) is 9.69 Å². The number of alkyl halides is 3. The van der Waals surface area contributed by atoms with Gasteiger partial charge in [-0.1, -0.05) is 13.0 Å². The van der Waals surface area contributed by atoms with Crippen LogP contribution in [-0.4, -0.2) is 18.0 Å². The number of hydrogen-bond acceptors (Lipinski definition) is 2. The van der Waals surface area contributed by atoms with E-state index < -0.39 is 29.6 Å². The second-order valence-corrected chi connectivity index (χ2v) is 4.75. The third kappa shape index (κ3) is 2.48. The van der Waals surface area contributed by atoms with Crippen LogP contribution in [0.15, 0.2) is 24.3 Å². The minimum Gasteiger partial charge on any atom is -0.334 e. The molecular formula is C13H13F3N2O2. The van der Waals surface area contributed by atoms with Gasteiger partial charge in [0.05, 0.1) is 17.2 Å². The van der Waals surface area contributed by atoms with Gasteiger partial charge < -0.3 is 5.32 Å². The summed E-state index contributed by atoms with van der Waals surface area (Å²) in [7, 11) is 0. The van der Waals surface area contributed by atoms with Crippen molar-refractivity contribution in [2.24, 2.45) is 5.92 Å². The van der Waals surface area contributed by atoms with Gasteiger partial charge in [0, 0.05) is 6.04 Å². The van der Waals surface area contributed by atoms with Gasteiger partial charge >= 0.3 is 12.2 Å². The highest BCUT2D eigenvalue weighted by atomic mass is 19.4. The largest absolute Gasteiger partial charge is 0.416 e. The predicted molar refractivity (Wildman–Crippen MR) is 66.1 cm³/mol. The fourth-order valence-electron chi connectivity index (χ4n) is 1.97. The molecule has 2 rings (SSSR count). The van der Waals surface area contributed by atoms with Gasteiger partial charge in [0.25, 0.3) is 0 Å². The Kier molecular flexibility index (Phi) is 3.45. The zero-order chi connectivity index (χ0) is 15.1. The van der Waals surface area contributed by atoms with Gasteiger partial charge in [-0.2, -0.15) is 13.2 Å². The van der Waals surface area contributed by atoms with Gasteiger partial charge in [-0.05, 0) is 25.1 Å². The number of amides is 3. The number of nitrogens with one attached hydrogen (secondary N) is 1. The van der Waals surface area contributed by atoms with Crippen molar-refractivity contribution in [1.29, 1.82) is 0 Å². The van der Waals surface area contributed by atoms with Crippen LogP contribution in [0.5, 0.6) is 0 Å². The number of rotatable bonds is 1. The Morgan fingerprint density at radius 3 is 2.45 bits per heavy atom. The van der Waals surface area contributed by atoms with E-state index in [2.05, 4.69) is 5.32 Å². The molecule has 4 nitrogen and oxygen atoms in total. The zero-order valence-electron chi connectivity index (χ0n) is 10.9. The Hall–Kier alpha value is -2.05. The highest BCUT2D eigenvalue weighted by molar-refractivity contribution is 6.16. The van der Waals surface area contributed by atoms with Crippen molar-refractivity contribution >= 4 is 17.6 Å². The third-order valence-corrected chi connectivity index (χ3v) is 3.35. The maximum atomic E-state index is 12.7. The molecule has 7 heteroatoms. The quantitative estimate of drug-likeness (QED) is 0.863. The first-order valence-electron chi connectivity index (χ1n) is 6.03. The van der Waals surface area contributed by atoms with Crippen LogP contribution in [0.4, 0.5) is 23.7 Å². The number of halogens is 3. The van der Waals surface area contributed by atoms with Crippen LogP contribution in [0, 0.1) is 5.92 Å². The van der Waals surface area contributed by atoms with E-state index in [-0.39, 0.29) is 11.7 Å². The van der Waals surface area contributed by atoms with E-state index in [9.17, 15) is 22.8 Å². The lowest BCUT2D eigenvalue weighted by molar-refractivity contribution is -0.137. The smallest absolute Gasteiger partial charge is 0.334 e. The fraction of sp³-hybridized carbons (Fsp3) is 0.385. The van der Waals surface area contributed by atoms with Crippen molar-refractivity contribution in [2.75, 3.05) is 4.90 Å². The molecule has 1 heterocycles. The average Bonchev–Trinajstić information content (AvgIpc) is 2.35. The molecule has 2 unspecified atom stereocenters. The molecule has 108 valence electrons. The van der Waals surface area contributed by atoms with Crippen LogP contribution in [0.25, 0.3) is 0 Å². The van der Waals surface area contributed by atoms with E-state index >= 15 is 0 Å². The summed E-state index contributed by atoms with van der Waals surface area (Å²) in [4.78, 5) is 24.7. The summed E-state index contributed by atoms with van der Waals surface area (Å²) in [6.45, 7) is 3.29. The summed E-state index contributed by atoms with van der Waals surface area (Å²) in [5.41, 5.74) is -0.983. The fourth-order valence-corrected chi connectivity index (χ4v) is 1.97. The first-order valence-corrected chi connectivity index (χ1v) is 6.03. The van der Waals surface area contributed by atoms with E-state index in [4.69, 9.17) is 0 Å². The van der Waals surface area contributed by atoms with Crippen molar-refractivity contribution in [3.05, 3.63) is 29.8 Å². The van der Waals surface area contributed by atoms with Crippen molar-refractivity contribution < 1.29 is 22.8 Å². The Bertz CT molecular complexity index is 557. The molecule has 1 aliphatic rings. The van der Waals surface area contributed by atoms with Crippen LogP contribution in [-0.2, 0) is 11.0 Å². The van der Waals surface area contributed by atoms with Crippen molar-refractivity contribution in [2.45, 2.75) is 26.1 Å². The molecule has 0 bridgehead atoms. The number of benzene rings is 1. The Morgan fingerprint density at radius 1 is 1.20 bits per heavy atom. The third-order valence-electron chi connectivity index (χ3n) is 3.35. The number of carbonyl (C=O) groups excluding carboxylic acids is 2. The van der Waals surface area contributed by atoms with Crippen molar-refractivity contribution in [3.8, 4) is 0 Å². The molecule has 1 N–H and O–H groups in total. The molecule has 0 saturated carbocycles. The molecule has 1 aromatic carbocycles. The number of nitrogens with zero attached hydrogens (tertiary/aromatic N) is 1. The number of imide groups is 1. The lowest BCUT2D eigenvalue weighted by Gasteiger charge is -2.34.